The lowest BCUT2D eigenvalue weighted by atomic mass is 9.62. The van der Waals surface area contributed by atoms with Gasteiger partial charge in [0.2, 0.25) is 0 Å². The van der Waals surface area contributed by atoms with Crippen molar-refractivity contribution in [2.45, 2.75) is 102 Å². The number of hydrogen-bond acceptors (Lipinski definition) is 6. The quantitative estimate of drug-likeness (QED) is 0.0906. The second kappa shape index (κ2) is 16.9. The molecule has 2 aliphatic carbocycles. The molecule has 2 aliphatic rings. The minimum absolute atomic E-state index is 0.0113. The number of ether oxygens (including phenoxy) is 2. The molecule has 0 spiro atoms. The van der Waals surface area contributed by atoms with Gasteiger partial charge in [-0.2, -0.15) is 0 Å². The predicted octanol–water partition coefficient (Wildman–Crippen LogP) is 8.24. The van der Waals surface area contributed by atoms with Crippen LogP contribution in [0.1, 0.15) is 108 Å². The zero-order valence-electron chi connectivity index (χ0n) is 27.1. The molecule has 0 aromatic heterocycles. The topological polar surface area (TPSA) is 93.1 Å². The van der Waals surface area contributed by atoms with Crippen LogP contribution in [0.5, 0.6) is 11.5 Å². The van der Waals surface area contributed by atoms with Crippen LogP contribution in [0.2, 0.25) is 0 Å². The van der Waals surface area contributed by atoms with Crippen molar-refractivity contribution < 1.29 is 29.3 Å². The fraction of sp³-hybridized carbons (Fsp3) is 0.538. The second-order valence-corrected chi connectivity index (χ2v) is 13.3. The van der Waals surface area contributed by atoms with Gasteiger partial charge in [0.05, 0.1) is 24.4 Å². The molecule has 2 saturated carbocycles. The van der Waals surface area contributed by atoms with Gasteiger partial charge in [-0.05, 0) is 78.8 Å². The number of carbonyl (C=O) groups is 2. The van der Waals surface area contributed by atoms with Gasteiger partial charge in [0.25, 0.3) is 0 Å². The van der Waals surface area contributed by atoms with Crippen LogP contribution < -0.4 is 9.47 Å². The van der Waals surface area contributed by atoms with Crippen molar-refractivity contribution in [1.29, 1.82) is 0 Å². The molecule has 6 heteroatoms. The molecule has 2 aromatic rings. The van der Waals surface area contributed by atoms with Crippen LogP contribution in [0.3, 0.4) is 0 Å². The zero-order valence-corrected chi connectivity index (χ0v) is 27.1. The largest absolute Gasteiger partial charge is 0.423 e. The van der Waals surface area contributed by atoms with Crippen LogP contribution in [0.4, 0.5) is 0 Å². The van der Waals surface area contributed by atoms with E-state index in [1.54, 1.807) is 24.3 Å². The summed E-state index contributed by atoms with van der Waals surface area (Å²) in [5.74, 6) is 2.10. The van der Waals surface area contributed by atoms with Crippen LogP contribution in [0, 0.1) is 17.8 Å². The van der Waals surface area contributed by atoms with E-state index in [0.717, 1.165) is 54.6 Å². The lowest BCUT2D eigenvalue weighted by Crippen LogP contribution is -2.33. The van der Waals surface area contributed by atoms with Crippen LogP contribution >= 0.6 is 0 Å². The number of carbonyl (C=O) groups excluding carboxylic acids is 2. The molecule has 45 heavy (non-hydrogen) atoms. The van der Waals surface area contributed by atoms with E-state index in [1.165, 1.54) is 64.2 Å². The Bertz CT molecular complexity index is 1190. The smallest absolute Gasteiger partial charge is 0.341 e. The Balaban J connectivity index is 1.43. The molecule has 0 heterocycles. The van der Waals surface area contributed by atoms with Gasteiger partial charge in [-0.3, -0.25) is 0 Å². The molecule has 4 rings (SSSR count). The van der Waals surface area contributed by atoms with E-state index in [4.69, 9.17) is 9.47 Å². The predicted molar refractivity (Wildman–Crippen MR) is 178 cm³/mol. The lowest BCUT2D eigenvalue weighted by Gasteiger charge is -2.42. The number of aliphatic hydroxyl groups is 2. The van der Waals surface area contributed by atoms with Gasteiger partial charge in [-0.25, -0.2) is 9.59 Å². The van der Waals surface area contributed by atoms with Crippen molar-refractivity contribution in [3.63, 3.8) is 0 Å². The Kier molecular flexibility index (Phi) is 13.0. The molecule has 0 aliphatic heterocycles. The minimum atomic E-state index is -0.639. The Morgan fingerprint density at radius 1 is 0.667 bits per heavy atom. The van der Waals surface area contributed by atoms with E-state index in [0.29, 0.717) is 11.5 Å². The minimum Gasteiger partial charge on any atom is -0.423 e. The van der Waals surface area contributed by atoms with Crippen molar-refractivity contribution in [2.75, 3.05) is 13.2 Å². The fourth-order valence-corrected chi connectivity index (χ4v) is 7.34. The summed E-state index contributed by atoms with van der Waals surface area (Å²) in [6.45, 7) is 8.49. The molecule has 0 amide bonds. The number of benzene rings is 2. The summed E-state index contributed by atoms with van der Waals surface area (Å²) in [6.07, 6.45) is 18.1. The zero-order chi connectivity index (χ0) is 32.2. The van der Waals surface area contributed by atoms with E-state index in [9.17, 15) is 19.8 Å². The standard InChI is InChI=1S/C39H52O6/c1-4-5-6-7-30-8-10-31(11-9-30)12-13-32-22-24-39(25-23-32,33-14-18-35(19-15-33)44-37(42)28(2)26-40)34-16-20-36(21-17-34)45-38(43)29(3)27-41/h14-21,30-32,40-41H,2-13,22-27H2,1H3. The summed E-state index contributed by atoms with van der Waals surface area (Å²) in [4.78, 5) is 24.3. The van der Waals surface area contributed by atoms with Crippen molar-refractivity contribution in [3.05, 3.63) is 84.0 Å². The molecule has 2 N–H and O–H groups in total. The number of aliphatic hydroxyl groups excluding tert-OH is 2. The summed E-state index contributed by atoms with van der Waals surface area (Å²) in [5.41, 5.74) is 2.11. The third kappa shape index (κ3) is 9.40. The molecule has 0 radical (unpaired) electrons. The van der Waals surface area contributed by atoms with Crippen molar-refractivity contribution in [1.82, 2.24) is 0 Å². The van der Waals surface area contributed by atoms with Crippen molar-refractivity contribution in [3.8, 4) is 11.5 Å². The average molecular weight is 617 g/mol. The van der Waals surface area contributed by atoms with Gasteiger partial charge >= 0.3 is 11.9 Å². The van der Waals surface area contributed by atoms with Crippen LogP contribution in [0.15, 0.2) is 72.8 Å². The van der Waals surface area contributed by atoms with Crippen molar-refractivity contribution >= 4 is 11.9 Å². The Hall–Kier alpha value is -3.22. The molecule has 0 saturated heterocycles. The van der Waals surface area contributed by atoms with Gasteiger partial charge in [0.1, 0.15) is 11.5 Å². The first kappa shape index (κ1) is 34.6. The first-order chi connectivity index (χ1) is 21.8. The highest BCUT2D eigenvalue weighted by atomic mass is 16.5. The monoisotopic (exact) mass is 616 g/mol. The van der Waals surface area contributed by atoms with Crippen LogP contribution in [-0.4, -0.2) is 35.4 Å². The van der Waals surface area contributed by atoms with Gasteiger partial charge in [0, 0.05) is 5.41 Å². The maximum absolute atomic E-state index is 12.1. The molecule has 6 nitrogen and oxygen atoms in total. The van der Waals surface area contributed by atoms with Crippen LogP contribution in [-0.2, 0) is 15.0 Å². The van der Waals surface area contributed by atoms with Crippen molar-refractivity contribution in [2.24, 2.45) is 17.8 Å². The summed E-state index contributed by atoms with van der Waals surface area (Å²) in [7, 11) is 0. The number of esters is 2. The van der Waals surface area contributed by atoms with E-state index in [-0.39, 0.29) is 16.6 Å². The first-order valence-electron chi connectivity index (χ1n) is 17.0. The SMILES string of the molecule is C=C(CO)C(=O)Oc1ccc(C2(c3ccc(OC(=O)C(=C)CO)cc3)CCC(CCC3CCC(CCCCC)CC3)CC2)cc1. The summed E-state index contributed by atoms with van der Waals surface area (Å²) in [6, 6.07) is 15.3. The van der Waals surface area contributed by atoms with Gasteiger partial charge < -0.3 is 19.7 Å². The summed E-state index contributed by atoms with van der Waals surface area (Å²) >= 11 is 0. The molecular weight excluding hydrogens is 564 g/mol. The van der Waals surface area contributed by atoms with Gasteiger partial charge in [0.15, 0.2) is 0 Å². The second-order valence-electron chi connectivity index (χ2n) is 13.3. The lowest BCUT2D eigenvalue weighted by molar-refractivity contribution is -0.131. The number of hydrogen-bond donors (Lipinski definition) is 2. The highest BCUT2D eigenvalue weighted by molar-refractivity contribution is 5.90. The van der Waals surface area contributed by atoms with E-state index < -0.39 is 25.2 Å². The maximum atomic E-state index is 12.1. The molecule has 244 valence electrons. The van der Waals surface area contributed by atoms with Crippen LogP contribution in [0.25, 0.3) is 0 Å². The number of unbranched alkanes of at least 4 members (excludes halogenated alkanes) is 2. The molecule has 0 atom stereocenters. The molecule has 0 unspecified atom stereocenters. The average Bonchev–Trinajstić information content (AvgIpc) is 3.08. The first-order valence-corrected chi connectivity index (χ1v) is 17.0. The van der Waals surface area contributed by atoms with E-state index in [2.05, 4.69) is 20.1 Å². The highest BCUT2D eigenvalue weighted by Gasteiger charge is 2.38. The Morgan fingerprint density at radius 2 is 1.07 bits per heavy atom. The third-order valence-corrected chi connectivity index (χ3v) is 10.3. The third-order valence-electron chi connectivity index (χ3n) is 10.3. The van der Waals surface area contributed by atoms with E-state index >= 15 is 0 Å². The van der Waals surface area contributed by atoms with Gasteiger partial charge in [-0.1, -0.05) is 109 Å². The fourth-order valence-electron chi connectivity index (χ4n) is 7.34. The molecule has 0 bridgehead atoms. The normalized spacial score (nSPS) is 19.9. The maximum Gasteiger partial charge on any atom is 0.341 e. The van der Waals surface area contributed by atoms with E-state index in [1.807, 2.05) is 24.3 Å². The summed E-state index contributed by atoms with van der Waals surface area (Å²) in [5, 5.41) is 18.4. The van der Waals surface area contributed by atoms with Gasteiger partial charge in [-0.15, -0.1) is 0 Å². The molecular formula is C39H52O6. The highest BCUT2D eigenvalue weighted by Crippen LogP contribution is 2.48. The summed E-state index contributed by atoms with van der Waals surface area (Å²) < 4.78 is 10.8. The Labute approximate surface area is 269 Å². The Morgan fingerprint density at radius 3 is 1.47 bits per heavy atom. The molecule has 2 fully saturated rings. The molecule has 2 aromatic carbocycles. The number of rotatable bonds is 15.